The molecule has 0 unspecified atom stereocenters. The topological polar surface area (TPSA) is 47.9 Å². The molecule has 3 rings (SSSR count). The van der Waals surface area contributed by atoms with Gasteiger partial charge in [0.25, 0.3) is 0 Å². The van der Waals surface area contributed by atoms with Crippen molar-refractivity contribution in [1.82, 2.24) is 0 Å². The molecule has 2 aromatic carbocycles. The van der Waals surface area contributed by atoms with Gasteiger partial charge in [-0.05, 0) is 64.6 Å². The number of carbonyl (C=O) groups excluding carboxylic acids is 1. The van der Waals surface area contributed by atoms with Gasteiger partial charge in [0.1, 0.15) is 5.75 Å². The van der Waals surface area contributed by atoms with E-state index in [1.54, 1.807) is 13.2 Å². The van der Waals surface area contributed by atoms with Crippen molar-refractivity contribution in [1.29, 1.82) is 0 Å². The van der Waals surface area contributed by atoms with E-state index in [0.29, 0.717) is 11.6 Å². The van der Waals surface area contributed by atoms with Crippen LogP contribution in [0.2, 0.25) is 0 Å². The summed E-state index contributed by atoms with van der Waals surface area (Å²) in [5, 5.41) is 0. The van der Waals surface area contributed by atoms with Crippen LogP contribution in [0.15, 0.2) is 59.2 Å². The predicted molar refractivity (Wildman–Crippen MR) is 92.8 cm³/mol. The molecule has 0 radical (unpaired) electrons. The molecule has 0 saturated carbocycles. The first kappa shape index (κ1) is 14.8. The van der Waals surface area contributed by atoms with Crippen molar-refractivity contribution in [2.24, 2.45) is 4.99 Å². The van der Waals surface area contributed by atoms with Gasteiger partial charge >= 0.3 is 5.97 Å². The minimum absolute atomic E-state index is 0.291. The van der Waals surface area contributed by atoms with Gasteiger partial charge in [-0.15, -0.1) is 0 Å². The monoisotopic (exact) mass is 405 g/mol. The van der Waals surface area contributed by atoms with E-state index in [2.05, 4.69) is 27.6 Å². The number of hydrogen-bond donors (Lipinski definition) is 0. The highest BCUT2D eigenvalue weighted by atomic mass is 127. The Bertz CT molecular complexity index is 779. The third kappa shape index (κ3) is 3.19. The maximum Gasteiger partial charge on any atom is 0.363 e. The quantitative estimate of drug-likeness (QED) is 0.445. The minimum Gasteiger partial charge on any atom is -0.497 e. The summed E-state index contributed by atoms with van der Waals surface area (Å²) in [6.45, 7) is 0. The lowest BCUT2D eigenvalue weighted by Gasteiger charge is -1.99. The average molecular weight is 405 g/mol. The second-order valence-corrected chi connectivity index (χ2v) is 5.87. The average Bonchev–Trinajstić information content (AvgIpc) is 2.89. The number of esters is 1. The Labute approximate surface area is 141 Å². The summed E-state index contributed by atoms with van der Waals surface area (Å²) in [6, 6.07) is 15.0. The molecule has 1 aliphatic heterocycles. The summed E-state index contributed by atoms with van der Waals surface area (Å²) in [7, 11) is 1.61. The zero-order chi connectivity index (χ0) is 15.5. The number of cyclic esters (lactones) is 1. The second kappa shape index (κ2) is 6.31. The molecule has 22 heavy (non-hydrogen) atoms. The van der Waals surface area contributed by atoms with Crippen LogP contribution >= 0.6 is 22.6 Å². The molecule has 0 saturated heterocycles. The molecule has 0 amide bonds. The smallest absolute Gasteiger partial charge is 0.363 e. The van der Waals surface area contributed by atoms with Crippen LogP contribution in [-0.2, 0) is 9.53 Å². The number of carbonyl (C=O) groups is 1. The van der Waals surface area contributed by atoms with Crippen molar-refractivity contribution in [3.05, 3.63) is 68.9 Å². The highest BCUT2D eigenvalue weighted by Gasteiger charge is 2.24. The summed E-state index contributed by atoms with van der Waals surface area (Å²) < 4.78 is 11.4. The van der Waals surface area contributed by atoms with Gasteiger partial charge in [-0.25, -0.2) is 9.79 Å². The molecule has 0 spiro atoms. The highest BCUT2D eigenvalue weighted by Crippen LogP contribution is 2.21. The van der Waals surface area contributed by atoms with Gasteiger partial charge in [0.15, 0.2) is 5.70 Å². The van der Waals surface area contributed by atoms with Crippen LogP contribution in [-0.4, -0.2) is 19.0 Å². The van der Waals surface area contributed by atoms with Gasteiger partial charge in [-0.2, -0.15) is 0 Å². The lowest BCUT2D eigenvalue weighted by atomic mass is 10.2. The van der Waals surface area contributed by atoms with Gasteiger partial charge in [0.2, 0.25) is 5.90 Å². The van der Waals surface area contributed by atoms with Crippen molar-refractivity contribution in [3.8, 4) is 5.75 Å². The maximum absolute atomic E-state index is 11.9. The highest BCUT2D eigenvalue weighted by molar-refractivity contribution is 14.1. The molecule has 4 nitrogen and oxygen atoms in total. The standard InChI is InChI=1S/C17H12INO3/c1-21-14-7-5-11(6-8-14)9-15-17(20)22-16(19-15)12-3-2-4-13(18)10-12/h2-10H,1H3. The molecule has 0 fully saturated rings. The number of ether oxygens (including phenoxy) is 2. The van der Waals surface area contributed by atoms with E-state index in [0.717, 1.165) is 20.4 Å². The van der Waals surface area contributed by atoms with Crippen LogP contribution in [0.1, 0.15) is 11.1 Å². The molecule has 0 N–H and O–H groups in total. The van der Waals surface area contributed by atoms with Crippen molar-refractivity contribution >= 4 is 40.5 Å². The fraction of sp³-hybridized carbons (Fsp3) is 0.0588. The van der Waals surface area contributed by atoms with E-state index in [1.807, 2.05) is 48.5 Å². The second-order valence-electron chi connectivity index (χ2n) is 4.62. The number of hydrogen-bond acceptors (Lipinski definition) is 4. The zero-order valence-electron chi connectivity index (χ0n) is 11.7. The maximum atomic E-state index is 11.9. The SMILES string of the molecule is COc1ccc(C=C2N=C(c3cccc(I)c3)OC2=O)cc1. The summed E-state index contributed by atoms with van der Waals surface area (Å²) in [6.07, 6.45) is 1.70. The van der Waals surface area contributed by atoms with Crippen LogP contribution in [0.25, 0.3) is 6.08 Å². The Morgan fingerprint density at radius 3 is 2.64 bits per heavy atom. The Hall–Kier alpha value is -2.15. The third-order valence-corrected chi connectivity index (χ3v) is 3.78. The van der Waals surface area contributed by atoms with Crippen molar-refractivity contribution < 1.29 is 14.3 Å². The number of methoxy groups -OCH3 is 1. The fourth-order valence-corrected chi connectivity index (χ4v) is 2.56. The number of benzene rings is 2. The van der Waals surface area contributed by atoms with E-state index in [9.17, 15) is 4.79 Å². The largest absolute Gasteiger partial charge is 0.497 e. The fourth-order valence-electron chi connectivity index (χ4n) is 2.01. The van der Waals surface area contributed by atoms with Crippen LogP contribution < -0.4 is 4.74 Å². The lowest BCUT2D eigenvalue weighted by Crippen LogP contribution is -2.05. The van der Waals surface area contributed by atoms with Gasteiger partial charge in [0, 0.05) is 9.13 Å². The first-order valence-corrected chi connectivity index (χ1v) is 7.66. The van der Waals surface area contributed by atoms with Crippen molar-refractivity contribution in [2.45, 2.75) is 0 Å². The molecule has 0 bridgehead atoms. The number of halogens is 1. The first-order valence-electron chi connectivity index (χ1n) is 6.58. The molecule has 0 atom stereocenters. The minimum atomic E-state index is -0.440. The van der Waals surface area contributed by atoms with Crippen LogP contribution in [0, 0.1) is 3.57 Å². The number of nitrogens with zero attached hydrogens (tertiary/aromatic N) is 1. The van der Waals surface area contributed by atoms with Crippen LogP contribution in [0.3, 0.4) is 0 Å². The Morgan fingerprint density at radius 2 is 1.95 bits per heavy atom. The molecular formula is C17H12INO3. The van der Waals surface area contributed by atoms with Crippen molar-refractivity contribution in [2.75, 3.05) is 7.11 Å². The molecule has 1 heterocycles. The van der Waals surface area contributed by atoms with Gasteiger partial charge in [-0.3, -0.25) is 0 Å². The summed E-state index contributed by atoms with van der Waals surface area (Å²) >= 11 is 2.21. The van der Waals surface area contributed by atoms with E-state index in [-0.39, 0.29) is 0 Å². The van der Waals surface area contributed by atoms with E-state index < -0.39 is 5.97 Å². The van der Waals surface area contributed by atoms with Gasteiger partial charge in [0.05, 0.1) is 7.11 Å². The molecule has 0 aromatic heterocycles. The number of rotatable bonds is 3. The zero-order valence-corrected chi connectivity index (χ0v) is 13.9. The Balaban J connectivity index is 1.90. The Kier molecular flexibility index (Phi) is 4.24. The molecular weight excluding hydrogens is 393 g/mol. The summed E-state index contributed by atoms with van der Waals surface area (Å²) in [4.78, 5) is 16.2. The molecule has 5 heteroatoms. The molecule has 0 aliphatic carbocycles. The molecule has 2 aromatic rings. The van der Waals surface area contributed by atoms with Crippen LogP contribution in [0.5, 0.6) is 5.75 Å². The van der Waals surface area contributed by atoms with Crippen molar-refractivity contribution in [3.63, 3.8) is 0 Å². The summed E-state index contributed by atoms with van der Waals surface area (Å²) in [5.74, 6) is 0.659. The van der Waals surface area contributed by atoms with E-state index >= 15 is 0 Å². The lowest BCUT2D eigenvalue weighted by molar-refractivity contribution is -0.129. The third-order valence-electron chi connectivity index (χ3n) is 3.11. The van der Waals surface area contributed by atoms with Crippen LogP contribution in [0.4, 0.5) is 0 Å². The predicted octanol–water partition coefficient (Wildman–Crippen LogP) is 3.64. The van der Waals surface area contributed by atoms with Gasteiger partial charge < -0.3 is 9.47 Å². The van der Waals surface area contributed by atoms with Gasteiger partial charge in [-0.1, -0.05) is 18.2 Å². The summed E-state index contributed by atoms with van der Waals surface area (Å²) in [5.41, 5.74) is 1.94. The number of aliphatic imine (C=N–C) groups is 1. The van der Waals surface area contributed by atoms with E-state index in [1.165, 1.54) is 0 Å². The molecule has 1 aliphatic rings. The molecule has 110 valence electrons. The van der Waals surface area contributed by atoms with E-state index in [4.69, 9.17) is 9.47 Å². The first-order chi connectivity index (χ1) is 10.7. The normalized spacial score (nSPS) is 15.6. The Morgan fingerprint density at radius 1 is 1.18 bits per heavy atom.